The zero-order valence-corrected chi connectivity index (χ0v) is 16.0. The molecule has 0 aliphatic carbocycles. The van der Waals surface area contributed by atoms with E-state index in [1.807, 2.05) is 0 Å². The van der Waals surface area contributed by atoms with Crippen LogP contribution in [0.3, 0.4) is 0 Å². The van der Waals surface area contributed by atoms with E-state index in [1.165, 1.54) is 19.2 Å². The van der Waals surface area contributed by atoms with E-state index in [-0.39, 0.29) is 35.6 Å². The molecule has 0 aromatic heterocycles. The van der Waals surface area contributed by atoms with Gasteiger partial charge >= 0.3 is 0 Å². The number of sulfone groups is 1. The van der Waals surface area contributed by atoms with E-state index in [2.05, 4.69) is 15.5 Å². The summed E-state index contributed by atoms with van der Waals surface area (Å²) in [5.41, 5.74) is 0.459. The standard InChI is InChI=1S/C16H25N3O4S.ClH/c1-23-12-13-24(21,22)15-4-2-14(3-5-15)16(20)18-8-11-19-9-6-17-7-10-19;/h2-5,17H,6-13H2,1H3,(H,18,20);1H. The molecule has 1 fully saturated rings. The number of hydrogen-bond donors (Lipinski definition) is 2. The van der Waals surface area contributed by atoms with Crippen LogP contribution in [0.1, 0.15) is 10.4 Å². The van der Waals surface area contributed by atoms with E-state index in [4.69, 9.17) is 4.74 Å². The molecule has 1 aromatic carbocycles. The van der Waals surface area contributed by atoms with Gasteiger partial charge in [0.2, 0.25) is 0 Å². The van der Waals surface area contributed by atoms with Gasteiger partial charge in [-0.1, -0.05) is 0 Å². The van der Waals surface area contributed by atoms with Crippen molar-refractivity contribution in [2.45, 2.75) is 4.90 Å². The minimum atomic E-state index is -3.37. The Morgan fingerprint density at radius 3 is 2.48 bits per heavy atom. The lowest BCUT2D eigenvalue weighted by molar-refractivity contribution is 0.0947. The van der Waals surface area contributed by atoms with Crippen molar-refractivity contribution in [3.8, 4) is 0 Å². The molecule has 1 heterocycles. The Kier molecular flexibility index (Phi) is 9.37. The number of amides is 1. The molecular formula is C16H26ClN3O4S. The first-order valence-electron chi connectivity index (χ1n) is 8.06. The van der Waals surface area contributed by atoms with Crippen molar-refractivity contribution in [1.29, 1.82) is 0 Å². The molecule has 1 saturated heterocycles. The zero-order valence-electron chi connectivity index (χ0n) is 14.4. The lowest BCUT2D eigenvalue weighted by Crippen LogP contribution is -2.46. The number of benzene rings is 1. The molecule has 142 valence electrons. The first-order chi connectivity index (χ1) is 11.5. The highest BCUT2D eigenvalue weighted by atomic mass is 35.5. The minimum absolute atomic E-state index is 0. The van der Waals surface area contributed by atoms with Crippen LogP contribution in [-0.2, 0) is 14.6 Å². The van der Waals surface area contributed by atoms with Crippen molar-refractivity contribution in [2.24, 2.45) is 0 Å². The lowest BCUT2D eigenvalue weighted by Gasteiger charge is -2.27. The Bertz CT molecular complexity index is 631. The van der Waals surface area contributed by atoms with E-state index < -0.39 is 9.84 Å². The molecule has 25 heavy (non-hydrogen) atoms. The van der Waals surface area contributed by atoms with E-state index in [1.54, 1.807) is 12.1 Å². The van der Waals surface area contributed by atoms with Gasteiger partial charge in [0.15, 0.2) is 9.84 Å². The molecule has 9 heteroatoms. The van der Waals surface area contributed by atoms with Crippen molar-refractivity contribution in [3.63, 3.8) is 0 Å². The molecular weight excluding hydrogens is 366 g/mol. The highest BCUT2D eigenvalue weighted by Crippen LogP contribution is 2.12. The van der Waals surface area contributed by atoms with Crippen LogP contribution in [0.4, 0.5) is 0 Å². The number of rotatable bonds is 8. The number of ether oxygens (including phenoxy) is 1. The van der Waals surface area contributed by atoms with Crippen LogP contribution in [-0.4, -0.2) is 78.0 Å². The molecule has 0 radical (unpaired) electrons. The summed E-state index contributed by atoms with van der Waals surface area (Å²) in [6, 6.07) is 6.02. The molecule has 0 spiro atoms. The minimum Gasteiger partial charge on any atom is -0.384 e. The number of nitrogens with zero attached hydrogens (tertiary/aromatic N) is 1. The van der Waals surface area contributed by atoms with Gasteiger partial charge in [-0.2, -0.15) is 0 Å². The van der Waals surface area contributed by atoms with Crippen LogP contribution in [0.5, 0.6) is 0 Å². The summed E-state index contributed by atoms with van der Waals surface area (Å²) in [6.45, 7) is 5.48. The number of carbonyl (C=O) groups excluding carboxylic acids is 1. The predicted octanol–water partition coefficient (Wildman–Crippen LogP) is 0.164. The topological polar surface area (TPSA) is 87.7 Å². The average molecular weight is 392 g/mol. The third-order valence-electron chi connectivity index (χ3n) is 3.96. The highest BCUT2D eigenvalue weighted by molar-refractivity contribution is 7.91. The van der Waals surface area contributed by atoms with E-state index in [9.17, 15) is 13.2 Å². The molecule has 0 saturated carbocycles. The summed E-state index contributed by atoms with van der Waals surface area (Å²) >= 11 is 0. The molecule has 2 rings (SSSR count). The van der Waals surface area contributed by atoms with Gasteiger partial charge < -0.3 is 15.4 Å². The van der Waals surface area contributed by atoms with Crippen molar-refractivity contribution in [3.05, 3.63) is 29.8 Å². The summed E-state index contributed by atoms with van der Waals surface area (Å²) in [4.78, 5) is 14.6. The van der Waals surface area contributed by atoms with Gasteiger partial charge in [-0.3, -0.25) is 9.69 Å². The summed E-state index contributed by atoms with van der Waals surface area (Å²) in [7, 11) is -1.90. The second-order valence-corrected chi connectivity index (χ2v) is 7.79. The number of hydrogen-bond acceptors (Lipinski definition) is 6. The third kappa shape index (κ3) is 6.91. The van der Waals surface area contributed by atoms with Gasteiger partial charge in [0.25, 0.3) is 5.91 Å². The van der Waals surface area contributed by atoms with Crippen LogP contribution >= 0.6 is 12.4 Å². The van der Waals surface area contributed by atoms with Gasteiger partial charge in [-0.15, -0.1) is 12.4 Å². The zero-order chi connectivity index (χ0) is 17.4. The Balaban J connectivity index is 0.00000312. The van der Waals surface area contributed by atoms with E-state index in [0.29, 0.717) is 12.1 Å². The monoisotopic (exact) mass is 391 g/mol. The molecule has 1 aliphatic heterocycles. The normalized spacial score (nSPS) is 15.4. The Morgan fingerprint density at radius 1 is 1.24 bits per heavy atom. The fraction of sp³-hybridized carbons (Fsp3) is 0.562. The second-order valence-electron chi connectivity index (χ2n) is 5.68. The molecule has 1 amide bonds. The number of methoxy groups -OCH3 is 1. The molecule has 1 aromatic rings. The fourth-order valence-electron chi connectivity index (χ4n) is 2.49. The Morgan fingerprint density at radius 2 is 1.88 bits per heavy atom. The van der Waals surface area contributed by atoms with Crippen molar-refractivity contribution in [2.75, 3.05) is 58.7 Å². The van der Waals surface area contributed by atoms with Gasteiger partial charge in [-0.25, -0.2) is 8.42 Å². The van der Waals surface area contributed by atoms with Crippen LogP contribution in [0.2, 0.25) is 0 Å². The van der Waals surface area contributed by atoms with Gasteiger partial charge in [0.05, 0.1) is 17.3 Å². The Hall–Kier alpha value is -1.19. The van der Waals surface area contributed by atoms with Crippen molar-refractivity contribution in [1.82, 2.24) is 15.5 Å². The molecule has 0 atom stereocenters. The molecule has 2 N–H and O–H groups in total. The Labute approximate surface area is 155 Å². The predicted molar refractivity (Wildman–Crippen MR) is 99.3 cm³/mol. The van der Waals surface area contributed by atoms with Gasteiger partial charge in [-0.05, 0) is 24.3 Å². The number of carbonyl (C=O) groups is 1. The number of halogens is 1. The third-order valence-corrected chi connectivity index (χ3v) is 5.65. The highest BCUT2D eigenvalue weighted by Gasteiger charge is 2.15. The van der Waals surface area contributed by atoms with Crippen molar-refractivity contribution < 1.29 is 17.9 Å². The lowest BCUT2D eigenvalue weighted by atomic mass is 10.2. The van der Waals surface area contributed by atoms with Gasteiger partial charge in [0, 0.05) is 51.9 Å². The summed E-state index contributed by atoms with van der Waals surface area (Å²) in [6.07, 6.45) is 0. The number of nitrogens with one attached hydrogen (secondary N) is 2. The smallest absolute Gasteiger partial charge is 0.251 e. The van der Waals surface area contributed by atoms with Crippen LogP contribution in [0.25, 0.3) is 0 Å². The largest absolute Gasteiger partial charge is 0.384 e. The maximum Gasteiger partial charge on any atom is 0.251 e. The van der Waals surface area contributed by atoms with E-state index in [0.717, 1.165) is 32.7 Å². The van der Waals surface area contributed by atoms with Crippen LogP contribution in [0.15, 0.2) is 29.2 Å². The summed E-state index contributed by atoms with van der Waals surface area (Å²) in [5.74, 6) is -0.259. The molecule has 1 aliphatic rings. The fourth-order valence-corrected chi connectivity index (χ4v) is 3.66. The molecule has 7 nitrogen and oxygen atoms in total. The quantitative estimate of drug-likeness (QED) is 0.656. The first-order valence-corrected chi connectivity index (χ1v) is 9.71. The second kappa shape index (κ2) is 10.7. The summed E-state index contributed by atoms with van der Waals surface area (Å²) in [5, 5.41) is 6.15. The summed E-state index contributed by atoms with van der Waals surface area (Å²) < 4.78 is 28.9. The van der Waals surface area contributed by atoms with Gasteiger partial charge in [0.1, 0.15) is 0 Å². The molecule has 0 bridgehead atoms. The SMILES string of the molecule is COCCS(=O)(=O)c1ccc(C(=O)NCCN2CCNCC2)cc1.Cl. The average Bonchev–Trinajstić information content (AvgIpc) is 2.61. The maximum atomic E-state index is 12.1. The van der Waals surface area contributed by atoms with Crippen LogP contribution < -0.4 is 10.6 Å². The van der Waals surface area contributed by atoms with Crippen LogP contribution in [0, 0.1) is 0 Å². The van der Waals surface area contributed by atoms with Crippen molar-refractivity contribution >= 4 is 28.2 Å². The maximum absolute atomic E-state index is 12.1. The number of piperazine rings is 1. The van der Waals surface area contributed by atoms with E-state index >= 15 is 0 Å². The first kappa shape index (κ1) is 21.9. The molecule has 0 unspecified atom stereocenters.